The van der Waals surface area contributed by atoms with E-state index >= 15 is 0 Å². The summed E-state index contributed by atoms with van der Waals surface area (Å²) in [6, 6.07) is 15.3. The van der Waals surface area contributed by atoms with Gasteiger partial charge in [-0.3, -0.25) is 4.79 Å². The van der Waals surface area contributed by atoms with Gasteiger partial charge in [-0.15, -0.1) is 0 Å². The monoisotopic (exact) mass is 422 g/mol. The van der Waals surface area contributed by atoms with Crippen LogP contribution < -0.4 is 10.1 Å². The highest BCUT2D eigenvalue weighted by Crippen LogP contribution is 2.49. The number of nitrogens with zero attached hydrogens (tertiary/aromatic N) is 1. The first-order chi connectivity index (χ1) is 14.3. The number of rotatable bonds is 5. The Kier molecular flexibility index (Phi) is 5.51. The third kappa shape index (κ3) is 4.04. The van der Waals surface area contributed by atoms with Crippen molar-refractivity contribution in [1.29, 1.82) is 5.26 Å². The smallest absolute Gasteiger partial charge is 0.251 e. The first-order valence-electron chi connectivity index (χ1n) is 10.6. The lowest BCUT2D eigenvalue weighted by atomic mass is 9.63. The first kappa shape index (κ1) is 20.8. The summed E-state index contributed by atoms with van der Waals surface area (Å²) >= 11 is 6.16. The molecule has 3 fully saturated rings. The Morgan fingerprint density at radius 3 is 2.23 bits per heavy atom. The van der Waals surface area contributed by atoms with Crippen molar-refractivity contribution in [2.24, 2.45) is 0 Å². The molecule has 1 N–H and O–H groups in total. The van der Waals surface area contributed by atoms with E-state index in [4.69, 9.17) is 21.6 Å². The Labute approximate surface area is 183 Å². The van der Waals surface area contributed by atoms with Gasteiger partial charge in [0.05, 0.1) is 10.6 Å². The Morgan fingerprint density at radius 2 is 1.70 bits per heavy atom. The molecular formula is C25H27ClN2O2. The highest BCUT2D eigenvalue weighted by atomic mass is 35.5. The quantitative estimate of drug-likeness (QED) is 0.643. The van der Waals surface area contributed by atoms with Gasteiger partial charge in [0.1, 0.15) is 17.4 Å². The largest absolute Gasteiger partial charge is 0.487 e. The molecular weight excluding hydrogens is 396 g/mol. The number of amides is 1. The Balaban J connectivity index is 1.40. The van der Waals surface area contributed by atoms with Crippen molar-refractivity contribution in [2.45, 2.75) is 69.4 Å². The molecule has 4 nitrogen and oxygen atoms in total. The first-order valence-corrected chi connectivity index (χ1v) is 11.0. The van der Waals surface area contributed by atoms with E-state index in [0.717, 1.165) is 44.1 Å². The van der Waals surface area contributed by atoms with Gasteiger partial charge in [0, 0.05) is 17.2 Å². The highest BCUT2D eigenvalue weighted by Gasteiger charge is 2.50. The van der Waals surface area contributed by atoms with Crippen LogP contribution in [-0.2, 0) is 0 Å². The number of carbonyl (C=O) groups is 1. The fourth-order valence-corrected chi connectivity index (χ4v) is 4.94. The average molecular weight is 423 g/mol. The maximum Gasteiger partial charge on any atom is 0.251 e. The molecule has 2 aromatic carbocycles. The van der Waals surface area contributed by atoms with Gasteiger partial charge in [0.25, 0.3) is 5.91 Å². The van der Waals surface area contributed by atoms with Crippen LogP contribution in [0.3, 0.4) is 0 Å². The molecule has 2 aromatic rings. The molecule has 0 unspecified atom stereocenters. The van der Waals surface area contributed by atoms with Crippen molar-refractivity contribution in [3.8, 4) is 11.8 Å². The Morgan fingerprint density at radius 1 is 1.07 bits per heavy atom. The second-order valence-electron chi connectivity index (χ2n) is 9.05. The summed E-state index contributed by atoms with van der Waals surface area (Å²) in [5.74, 6) is 1.18. The van der Waals surface area contributed by atoms with Crippen LogP contribution in [0.2, 0.25) is 5.02 Å². The van der Waals surface area contributed by atoms with Crippen LogP contribution in [0.15, 0.2) is 42.5 Å². The molecule has 0 saturated heterocycles. The third-order valence-corrected chi connectivity index (χ3v) is 7.10. The summed E-state index contributed by atoms with van der Waals surface area (Å²) in [6.45, 7) is 4.30. The SMILES string of the molecule is CC(C)c1ccc(C(=O)NC23CCC(Oc4ccc(C#N)c(Cl)c4)(CC2)CC3)cc1. The van der Waals surface area contributed by atoms with E-state index in [1.54, 1.807) is 12.1 Å². The van der Waals surface area contributed by atoms with Gasteiger partial charge >= 0.3 is 0 Å². The zero-order chi connectivity index (χ0) is 21.4. The van der Waals surface area contributed by atoms with Gasteiger partial charge in [0.15, 0.2) is 0 Å². The number of hydrogen-bond donors (Lipinski definition) is 1. The number of fused-ring (bicyclic) bond motifs is 3. The summed E-state index contributed by atoms with van der Waals surface area (Å²) in [6.07, 6.45) is 5.43. The van der Waals surface area contributed by atoms with E-state index < -0.39 is 0 Å². The molecule has 0 aromatic heterocycles. The number of nitrogens with one attached hydrogen (secondary N) is 1. The topological polar surface area (TPSA) is 62.1 Å². The summed E-state index contributed by atoms with van der Waals surface area (Å²) < 4.78 is 6.37. The molecule has 30 heavy (non-hydrogen) atoms. The number of carbonyl (C=O) groups excluding carboxylic acids is 1. The van der Waals surface area contributed by atoms with Crippen LogP contribution in [0.25, 0.3) is 0 Å². The molecule has 3 saturated carbocycles. The fraction of sp³-hybridized carbons (Fsp3) is 0.440. The summed E-state index contributed by atoms with van der Waals surface area (Å²) in [5, 5.41) is 12.8. The third-order valence-electron chi connectivity index (χ3n) is 6.79. The number of halogens is 1. The second-order valence-corrected chi connectivity index (χ2v) is 9.46. The Hall–Kier alpha value is -2.51. The van der Waals surface area contributed by atoms with Crippen molar-refractivity contribution < 1.29 is 9.53 Å². The van der Waals surface area contributed by atoms with Gasteiger partial charge in [0.2, 0.25) is 0 Å². The van der Waals surface area contributed by atoms with Crippen LogP contribution in [0.5, 0.6) is 5.75 Å². The highest BCUT2D eigenvalue weighted by molar-refractivity contribution is 6.31. The normalized spacial score (nSPS) is 25.0. The van der Waals surface area contributed by atoms with E-state index in [1.807, 2.05) is 30.3 Å². The van der Waals surface area contributed by atoms with Gasteiger partial charge in [-0.1, -0.05) is 37.6 Å². The number of ether oxygens (including phenoxy) is 1. The van der Waals surface area contributed by atoms with E-state index in [9.17, 15) is 4.79 Å². The van der Waals surface area contributed by atoms with Gasteiger partial charge in [-0.05, 0) is 74.3 Å². The summed E-state index contributed by atoms with van der Waals surface area (Å²) in [7, 11) is 0. The lowest BCUT2D eigenvalue weighted by molar-refractivity contribution is -0.0507. The lowest BCUT2D eigenvalue weighted by Crippen LogP contribution is -2.60. The molecule has 2 bridgehead atoms. The van der Waals surface area contributed by atoms with Crippen molar-refractivity contribution >= 4 is 17.5 Å². The molecule has 0 radical (unpaired) electrons. The van der Waals surface area contributed by atoms with Crippen LogP contribution >= 0.6 is 11.6 Å². The molecule has 0 heterocycles. The molecule has 3 aliphatic carbocycles. The minimum absolute atomic E-state index is 0.0134. The molecule has 5 rings (SSSR count). The molecule has 0 aliphatic heterocycles. The number of hydrogen-bond acceptors (Lipinski definition) is 3. The fourth-order valence-electron chi connectivity index (χ4n) is 4.72. The standard InChI is InChI=1S/C25H27ClN2O2/c1-17(2)18-3-5-19(6-4-18)23(29)28-24-9-12-25(13-10-24,14-11-24)30-21-8-7-20(16-27)22(26)15-21/h3-8,15,17H,9-14H2,1-2H3,(H,28,29). The number of nitriles is 1. The van der Waals surface area contributed by atoms with Crippen LogP contribution in [0.4, 0.5) is 0 Å². The lowest BCUT2D eigenvalue weighted by Gasteiger charge is -2.53. The zero-order valence-corrected chi connectivity index (χ0v) is 18.3. The van der Waals surface area contributed by atoms with E-state index in [2.05, 4.69) is 25.2 Å². The van der Waals surface area contributed by atoms with Gasteiger partial charge in [-0.25, -0.2) is 0 Å². The minimum Gasteiger partial charge on any atom is -0.487 e. The molecule has 5 heteroatoms. The summed E-state index contributed by atoms with van der Waals surface area (Å²) in [4.78, 5) is 12.9. The maximum atomic E-state index is 12.9. The van der Waals surface area contributed by atoms with Crippen LogP contribution in [0.1, 0.15) is 79.8 Å². The molecule has 156 valence electrons. The van der Waals surface area contributed by atoms with Crippen molar-refractivity contribution in [3.63, 3.8) is 0 Å². The molecule has 3 aliphatic rings. The van der Waals surface area contributed by atoms with Gasteiger partial charge < -0.3 is 10.1 Å². The Bertz CT molecular complexity index is 967. The van der Waals surface area contributed by atoms with Crippen molar-refractivity contribution in [2.75, 3.05) is 0 Å². The molecule has 0 atom stereocenters. The van der Waals surface area contributed by atoms with E-state index in [-0.39, 0.29) is 17.0 Å². The predicted octanol–water partition coefficient (Wildman–Crippen LogP) is 5.99. The zero-order valence-electron chi connectivity index (χ0n) is 17.5. The molecule has 1 amide bonds. The predicted molar refractivity (Wildman–Crippen MR) is 118 cm³/mol. The molecule has 0 spiro atoms. The van der Waals surface area contributed by atoms with Crippen molar-refractivity contribution in [1.82, 2.24) is 5.32 Å². The van der Waals surface area contributed by atoms with E-state index in [0.29, 0.717) is 22.3 Å². The minimum atomic E-state index is -0.205. The van der Waals surface area contributed by atoms with E-state index in [1.165, 1.54) is 5.56 Å². The second kappa shape index (κ2) is 7.96. The van der Waals surface area contributed by atoms with Crippen molar-refractivity contribution in [3.05, 3.63) is 64.2 Å². The van der Waals surface area contributed by atoms with Crippen LogP contribution in [0, 0.1) is 11.3 Å². The number of benzene rings is 2. The average Bonchev–Trinajstić information content (AvgIpc) is 2.75. The summed E-state index contributed by atoms with van der Waals surface area (Å²) in [5.41, 5.74) is 2.07. The van der Waals surface area contributed by atoms with Gasteiger partial charge in [-0.2, -0.15) is 5.26 Å². The maximum absolute atomic E-state index is 12.9. The van der Waals surface area contributed by atoms with Crippen LogP contribution in [-0.4, -0.2) is 17.0 Å².